The fourth-order valence-corrected chi connectivity index (χ4v) is 3.00. The van der Waals surface area contributed by atoms with Gasteiger partial charge in [0.25, 0.3) is 0 Å². The van der Waals surface area contributed by atoms with E-state index in [0.717, 1.165) is 12.6 Å². The van der Waals surface area contributed by atoms with Crippen molar-refractivity contribution in [3.05, 3.63) is 0 Å². The lowest BCUT2D eigenvalue weighted by atomic mass is 10.1. The summed E-state index contributed by atoms with van der Waals surface area (Å²) in [4.78, 5) is 0. The molecule has 0 aromatic heterocycles. The second kappa shape index (κ2) is 6.53. The molecule has 2 atom stereocenters. The van der Waals surface area contributed by atoms with Gasteiger partial charge in [-0.2, -0.15) is 0 Å². The molecular formula is C15H33NOSi. The van der Waals surface area contributed by atoms with Crippen LogP contribution in [0.2, 0.25) is 18.1 Å². The minimum atomic E-state index is -1.54. The summed E-state index contributed by atoms with van der Waals surface area (Å²) in [7, 11) is -1.54. The van der Waals surface area contributed by atoms with Gasteiger partial charge < -0.3 is 9.74 Å². The van der Waals surface area contributed by atoms with Crippen LogP contribution in [-0.4, -0.2) is 27.0 Å². The summed E-state index contributed by atoms with van der Waals surface area (Å²) in [6.45, 7) is 14.8. The number of nitrogens with one attached hydrogen (secondary N) is 1. The molecule has 1 rings (SSSR count). The Labute approximate surface area is 115 Å². The van der Waals surface area contributed by atoms with E-state index in [9.17, 15) is 0 Å². The first-order chi connectivity index (χ1) is 8.28. The van der Waals surface area contributed by atoms with Gasteiger partial charge in [-0.1, -0.05) is 53.4 Å². The minimum absolute atomic E-state index is 0.332. The second-order valence-electron chi connectivity index (χ2n) is 7.30. The molecule has 108 valence electrons. The normalized spacial score (nSPS) is 24.3. The van der Waals surface area contributed by atoms with Crippen molar-refractivity contribution >= 4 is 8.32 Å². The lowest BCUT2D eigenvalue weighted by Crippen LogP contribution is -2.41. The fraction of sp³-hybridized carbons (Fsp3) is 1.00. The van der Waals surface area contributed by atoms with Crippen molar-refractivity contribution in [3.63, 3.8) is 0 Å². The van der Waals surface area contributed by atoms with E-state index in [2.05, 4.69) is 46.1 Å². The quantitative estimate of drug-likeness (QED) is 0.405. The van der Waals surface area contributed by atoms with E-state index in [-0.39, 0.29) is 0 Å². The molecule has 1 aliphatic heterocycles. The highest BCUT2D eigenvalue weighted by Gasteiger charge is 2.41. The SMILES string of the molecule is CCCCCC[C@H]1N[C@@H]1CO[Si](C)(C)C(C)(C)C. The van der Waals surface area contributed by atoms with Crippen LogP contribution in [-0.2, 0) is 4.43 Å². The molecule has 1 N–H and O–H groups in total. The third kappa shape index (κ3) is 5.02. The molecule has 18 heavy (non-hydrogen) atoms. The van der Waals surface area contributed by atoms with Gasteiger partial charge in [0.2, 0.25) is 0 Å². The summed E-state index contributed by atoms with van der Waals surface area (Å²) in [5.74, 6) is 0. The molecule has 0 unspecified atom stereocenters. The van der Waals surface area contributed by atoms with Crippen LogP contribution in [0.5, 0.6) is 0 Å². The van der Waals surface area contributed by atoms with E-state index in [1.54, 1.807) is 0 Å². The summed E-state index contributed by atoms with van der Waals surface area (Å²) in [5.41, 5.74) is 0. The van der Waals surface area contributed by atoms with Gasteiger partial charge in [0, 0.05) is 12.1 Å². The van der Waals surface area contributed by atoms with E-state index in [1.807, 2.05) is 0 Å². The van der Waals surface area contributed by atoms with Gasteiger partial charge in [0.05, 0.1) is 6.61 Å². The van der Waals surface area contributed by atoms with Crippen LogP contribution in [0, 0.1) is 0 Å². The first-order valence-corrected chi connectivity index (χ1v) is 10.6. The highest BCUT2D eigenvalue weighted by Crippen LogP contribution is 2.37. The van der Waals surface area contributed by atoms with E-state index in [1.165, 1.54) is 32.1 Å². The zero-order valence-electron chi connectivity index (χ0n) is 13.3. The lowest BCUT2D eigenvalue weighted by molar-refractivity contribution is 0.287. The van der Waals surface area contributed by atoms with Crippen molar-refractivity contribution in [1.82, 2.24) is 5.32 Å². The van der Waals surface area contributed by atoms with E-state index in [0.29, 0.717) is 11.1 Å². The Morgan fingerprint density at radius 1 is 1.06 bits per heavy atom. The topological polar surface area (TPSA) is 31.2 Å². The van der Waals surface area contributed by atoms with Gasteiger partial charge in [-0.15, -0.1) is 0 Å². The van der Waals surface area contributed by atoms with Crippen molar-refractivity contribution in [3.8, 4) is 0 Å². The van der Waals surface area contributed by atoms with Crippen LogP contribution in [0.3, 0.4) is 0 Å². The molecule has 0 aromatic carbocycles. The van der Waals surface area contributed by atoms with Gasteiger partial charge in [-0.3, -0.25) is 0 Å². The van der Waals surface area contributed by atoms with Crippen LogP contribution in [0.15, 0.2) is 0 Å². The average molecular weight is 272 g/mol. The molecule has 0 aromatic rings. The lowest BCUT2D eigenvalue weighted by Gasteiger charge is -2.36. The minimum Gasteiger partial charge on any atom is -0.415 e. The van der Waals surface area contributed by atoms with Gasteiger partial charge in [-0.25, -0.2) is 0 Å². The largest absolute Gasteiger partial charge is 0.415 e. The Balaban J connectivity index is 2.12. The molecule has 0 amide bonds. The maximum absolute atomic E-state index is 6.25. The first kappa shape index (κ1) is 16.2. The van der Waals surface area contributed by atoms with Crippen molar-refractivity contribution in [2.24, 2.45) is 0 Å². The van der Waals surface area contributed by atoms with Crippen molar-refractivity contribution in [2.75, 3.05) is 6.61 Å². The molecule has 0 saturated carbocycles. The molecule has 1 saturated heterocycles. The summed E-state index contributed by atoms with van der Waals surface area (Å²) >= 11 is 0. The van der Waals surface area contributed by atoms with Gasteiger partial charge in [0.15, 0.2) is 8.32 Å². The van der Waals surface area contributed by atoms with Crippen LogP contribution in [0.4, 0.5) is 0 Å². The summed E-state index contributed by atoms with van der Waals surface area (Å²) < 4.78 is 6.25. The van der Waals surface area contributed by atoms with Crippen LogP contribution in [0.25, 0.3) is 0 Å². The van der Waals surface area contributed by atoms with Crippen LogP contribution >= 0.6 is 0 Å². The predicted molar refractivity (Wildman–Crippen MR) is 82.6 cm³/mol. The molecule has 1 heterocycles. The molecule has 0 radical (unpaired) electrons. The maximum atomic E-state index is 6.25. The number of hydrogen-bond donors (Lipinski definition) is 1. The maximum Gasteiger partial charge on any atom is 0.192 e. The third-order valence-electron chi connectivity index (χ3n) is 4.60. The van der Waals surface area contributed by atoms with Crippen LogP contribution in [0.1, 0.15) is 59.8 Å². The van der Waals surface area contributed by atoms with Crippen LogP contribution < -0.4 is 5.32 Å². The Hall–Kier alpha value is 0.137. The predicted octanol–water partition coefficient (Wildman–Crippen LogP) is 4.32. The zero-order chi connectivity index (χ0) is 13.8. The monoisotopic (exact) mass is 271 g/mol. The van der Waals surface area contributed by atoms with Crippen molar-refractivity contribution in [2.45, 2.75) is 90.0 Å². The first-order valence-electron chi connectivity index (χ1n) is 7.68. The Morgan fingerprint density at radius 3 is 2.28 bits per heavy atom. The molecule has 1 aliphatic rings. The zero-order valence-corrected chi connectivity index (χ0v) is 14.3. The van der Waals surface area contributed by atoms with Gasteiger partial charge >= 0.3 is 0 Å². The second-order valence-corrected chi connectivity index (χ2v) is 12.1. The van der Waals surface area contributed by atoms with Gasteiger partial charge in [-0.05, 0) is 24.6 Å². The Kier molecular flexibility index (Phi) is 5.88. The summed E-state index contributed by atoms with van der Waals surface area (Å²) in [6.07, 6.45) is 6.83. The van der Waals surface area contributed by atoms with E-state index < -0.39 is 8.32 Å². The smallest absolute Gasteiger partial charge is 0.192 e. The van der Waals surface area contributed by atoms with Crippen molar-refractivity contribution in [1.29, 1.82) is 0 Å². The molecule has 1 fully saturated rings. The Morgan fingerprint density at radius 2 is 1.72 bits per heavy atom. The molecule has 3 heteroatoms. The summed E-state index contributed by atoms with van der Waals surface area (Å²) in [5, 5.41) is 3.90. The number of hydrogen-bond acceptors (Lipinski definition) is 2. The number of unbranched alkanes of at least 4 members (excludes halogenated alkanes) is 3. The van der Waals surface area contributed by atoms with E-state index >= 15 is 0 Å². The number of rotatable bonds is 8. The fourth-order valence-electron chi connectivity index (χ4n) is 1.97. The van der Waals surface area contributed by atoms with E-state index in [4.69, 9.17) is 4.43 Å². The highest BCUT2D eigenvalue weighted by atomic mass is 28.4. The molecular weight excluding hydrogens is 238 g/mol. The van der Waals surface area contributed by atoms with Crippen molar-refractivity contribution < 1.29 is 4.43 Å². The molecule has 0 aliphatic carbocycles. The summed E-state index contributed by atoms with van der Waals surface area (Å²) in [6, 6.07) is 1.38. The Bertz CT molecular complexity index is 247. The molecule has 2 nitrogen and oxygen atoms in total. The standard InChI is InChI=1S/C15H33NOSi/c1-7-8-9-10-11-13-14(16-13)12-17-18(5,6)15(2,3)4/h13-14,16H,7-12H2,1-6H3/t13-,14-/m1/s1. The molecule has 0 bridgehead atoms. The average Bonchev–Trinajstić information content (AvgIpc) is 2.99. The molecule has 0 spiro atoms. The third-order valence-corrected chi connectivity index (χ3v) is 9.10. The van der Waals surface area contributed by atoms with Gasteiger partial charge in [0.1, 0.15) is 0 Å². The highest BCUT2D eigenvalue weighted by molar-refractivity contribution is 6.74.